The Hall–Kier alpha value is -2.77. The van der Waals surface area contributed by atoms with Crippen LogP contribution in [-0.2, 0) is 6.54 Å². The molecule has 1 aromatic heterocycles. The van der Waals surface area contributed by atoms with Crippen LogP contribution in [0.15, 0.2) is 36.7 Å². The van der Waals surface area contributed by atoms with Gasteiger partial charge in [-0.2, -0.15) is 5.10 Å². The van der Waals surface area contributed by atoms with Gasteiger partial charge in [0.25, 0.3) is 11.6 Å². The second-order valence-corrected chi connectivity index (χ2v) is 4.96. The van der Waals surface area contributed by atoms with Gasteiger partial charge in [-0.3, -0.25) is 19.6 Å². The fourth-order valence-corrected chi connectivity index (χ4v) is 1.96. The summed E-state index contributed by atoms with van der Waals surface area (Å²) in [6, 6.07) is 4.76. The van der Waals surface area contributed by atoms with Gasteiger partial charge in [-0.15, -0.1) is 0 Å². The lowest BCUT2D eigenvalue weighted by molar-refractivity contribution is -0.385. The van der Waals surface area contributed by atoms with E-state index in [1.54, 1.807) is 16.9 Å². The summed E-state index contributed by atoms with van der Waals surface area (Å²) in [5.74, 6) is -1.41. The third kappa shape index (κ3) is 3.87. The lowest BCUT2D eigenvalue weighted by Crippen LogP contribution is -2.30. The van der Waals surface area contributed by atoms with Crippen molar-refractivity contribution in [3.8, 4) is 0 Å². The monoisotopic (exact) mass is 306 g/mol. The van der Waals surface area contributed by atoms with Gasteiger partial charge >= 0.3 is 0 Å². The number of aromatic nitrogens is 2. The summed E-state index contributed by atoms with van der Waals surface area (Å²) in [6.45, 7) is 2.89. The van der Waals surface area contributed by atoms with Crippen LogP contribution in [0.1, 0.15) is 17.3 Å². The predicted octanol–water partition coefficient (Wildman–Crippen LogP) is 2.00. The van der Waals surface area contributed by atoms with E-state index in [4.69, 9.17) is 0 Å². The Labute approximate surface area is 125 Å². The topological polar surface area (TPSA) is 90.1 Å². The number of non-ortho nitro benzene ring substituents is 1. The average Bonchev–Trinajstić information content (AvgIpc) is 2.97. The van der Waals surface area contributed by atoms with Gasteiger partial charge in [-0.25, -0.2) is 4.39 Å². The van der Waals surface area contributed by atoms with Crippen LogP contribution >= 0.6 is 0 Å². The molecule has 0 unspecified atom stereocenters. The van der Waals surface area contributed by atoms with Gasteiger partial charge in [-0.05, 0) is 18.1 Å². The second-order valence-electron chi connectivity index (χ2n) is 4.96. The van der Waals surface area contributed by atoms with Crippen LogP contribution in [-0.4, -0.2) is 27.2 Å². The SMILES string of the molecule is C[C@H](CNC(=O)c1ccc([N+](=O)[O-])cc1F)Cn1cccn1. The summed E-state index contributed by atoms with van der Waals surface area (Å²) >= 11 is 0. The lowest BCUT2D eigenvalue weighted by atomic mass is 10.1. The van der Waals surface area contributed by atoms with Crippen molar-refractivity contribution in [2.45, 2.75) is 13.5 Å². The van der Waals surface area contributed by atoms with E-state index in [0.29, 0.717) is 13.1 Å². The van der Waals surface area contributed by atoms with Crippen LogP contribution in [0.3, 0.4) is 0 Å². The summed E-state index contributed by atoms with van der Waals surface area (Å²) in [7, 11) is 0. The molecule has 1 aromatic carbocycles. The first-order valence-electron chi connectivity index (χ1n) is 6.67. The number of benzene rings is 1. The van der Waals surface area contributed by atoms with Crippen LogP contribution in [0.5, 0.6) is 0 Å². The molecule has 0 aliphatic rings. The maximum atomic E-state index is 13.7. The highest BCUT2D eigenvalue weighted by molar-refractivity contribution is 5.94. The van der Waals surface area contributed by atoms with E-state index in [1.807, 2.05) is 13.1 Å². The molecule has 0 aliphatic heterocycles. The number of halogens is 1. The van der Waals surface area contributed by atoms with Gasteiger partial charge in [0.15, 0.2) is 0 Å². The zero-order valence-corrected chi connectivity index (χ0v) is 11.9. The Morgan fingerprint density at radius 3 is 2.91 bits per heavy atom. The molecule has 0 spiro atoms. The molecule has 22 heavy (non-hydrogen) atoms. The first-order valence-corrected chi connectivity index (χ1v) is 6.67. The number of nitrogens with one attached hydrogen (secondary N) is 1. The quantitative estimate of drug-likeness (QED) is 0.653. The van der Waals surface area contributed by atoms with Gasteiger partial charge in [0.2, 0.25) is 0 Å². The standard InChI is InChI=1S/C14H15FN4O3/c1-10(9-18-6-2-5-17-18)8-16-14(20)12-4-3-11(19(21)22)7-13(12)15/h2-7,10H,8-9H2,1H3,(H,16,20)/t10-/m1/s1. The van der Waals surface area contributed by atoms with E-state index < -0.39 is 16.6 Å². The Balaban J connectivity index is 1.93. The van der Waals surface area contributed by atoms with Gasteiger partial charge in [0, 0.05) is 31.5 Å². The molecule has 1 N–H and O–H groups in total. The van der Waals surface area contributed by atoms with E-state index in [2.05, 4.69) is 10.4 Å². The normalized spacial score (nSPS) is 11.9. The molecule has 0 radical (unpaired) electrons. The number of nitro groups is 1. The summed E-state index contributed by atoms with van der Waals surface area (Å²) in [5, 5.41) is 17.2. The highest BCUT2D eigenvalue weighted by atomic mass is 19.1. The van der Waals surface area contributed by atoms with Crippen molar-refractivity contribution in [2.24, 2.45) is 5.92 Å². The molecular formula is C14H15FN4O3. The Morgan fingerprint density at radius 2 is 2.32 bits per heavy atom. The van der Waals surface area contributed by atoms with E-state index in [-0.39, 0.29) is 17.2 Å². The van der Waals surface area contributed by atoms with Gasteiger partial charge in [-0.1, -0.05) is 6.92 Å². The molecule has 0 saturated heterocycles. The number of hydrogen-bond donors (Lipinski definition) is 1. The van der Waals surface area contributed by atoms with Crippen molar-refractivity contribution < 1.29 is 14.1 Å². The lowest BCUT2D eigenvalue weighted by Gasteiger charge is -2.13. The fourth-order valence-electron chi connectivity index (χ4n) is 1.96. The van der Waals surface area contributed by atoms with Crippen molar-refractivity contribution in [1.29, 1.82) is 0 Å². The second kappa shape index (κ2) is 6.79. The number of rotatable bonds is 6. The van der Waals surface area contributed by atoms with Crippen LogP contribution in [0, 0.1) is 21.8 Å². The molecule has 8 heteroatoms. The third-order valence-corrected chi connectivity index (χ3v) is 3.08. The molecule has 0 saturated carbocycles. The van der Waals surface area contributed by atoms with E-state index in [9.17, 15) is 19.3 Å². The van der Waals surface area contributed by atoms with Crippen molar-refractivity contribution >= 4 is 11.6 Å². The number of hydrogen-bond acceptors (Lipinski definition) is 4. The Morgan fingerprint density at radius 1 is 1.55 bits per heavy atom. The van der Waals surface area contributed by atoms with Crippen LogP contribution in [0.4, 0.5) is 10.1 Å². The maximum absolute atomic E-state index is 13.7. The minimum atomic E-state index is -0.911. The molecule has 1 atom stereocenters. The van der Waals surface area contributed by atoms with Crippen LogP contribution < -0.4 is 5.32 Å². The van der Waals surface area contributed by atoms with Gasteiger partial charge < -0.3 is 5.32 Å². The molecule has 116 valence electrons. The Bertz CT molecular complexity index is 673. The summed E-state index contributed by atoms with van der Waals surface area (Å²) in [4.78, 5) is 21.7. The van der Waals surface area contributed by atoms with Crippen LogP contribution in [0.2, 0.25) is 0 Å². The molecule has 2 aromatic rings. The minimum Gasteiger partial charge on any atom is -0.352 e. The van der Waals surface area contributed by atoms with Crippen molar-refractivity contribution in [3.05, 3.63) is 58.2 Å². The predicted molar refractivity (Wildman–Crippen MR) is 76.8 cm³/mol. The van der Waals surface area contributed by atoms with E-state index >= 15 is 0 Å². The van der Waals surface area contributed by atoms with Crippen molar-refractivity contribution in [1.82, 2.24) is 15.1 Å². The smallest absolute Gasteiger partial charge is 0.272 e. The maximum Gasteiger partial charge on any atom is 0.272 e. The summed E-state index contributed by atoms with van der Waals surface area (Å²) in [5.41, 5.74) is -0.599. The molecule has 0 aliphatic carbocycles. The highest BCUT2D eigenvalue weighted by Gasteiger charge is 2.16. The Kier molecular flexibility index (Phi) is 4.82. The molecular weight excluding hydrogens is 291 g/mol. The largest absolute Gasteiger partial charge is 0.352 e. The molecule has 1 amide bonds. The summed E-state index contributed by atoms with van der Waals surface area (Å²) in [6.07, 6.45) is 3.48. The number of carbonyl (C=O) groups is 1. The molecule has 7 nitrogen and oxygen atoms in total. The number of nitro benzene ring substituents is 1. The van der Waals surface area contributed by atoms with Gasteiger partial charge in [0.1, 0.15) is 5.82 Å². The van der Waals surface area contributed by atoms with Crippen molar-refractivity contribution in [3.63, 3.8) is 0 Å². The molecule has 2 rings (SSSR count). The number of carbonyl (C=O) groups excluding carboxylic acids is 1. The number of amides is 1. The zero-order chi connectivity index (χ0) is 16.1. The van der Waals surface area contributed by atoms with Crippen molar-refractivity contribution in [2.75, 3.05) is 6.54 Å². The fraction of sp³-hybridized carbons (Fsp3) is 0.286. The summed E-state index contributed by atoms with van der Waals surface area (Å²) < 4.78 is 15.5. The first-order chi connectivity index (χ1) is 10.5. The first kappa shape index (κ1) is 15.6. The molecule has 0 bridgehead atoms. The molecule has 1 heterocycles. The minimum absolute atomic E-state index is 0.102. The molecule has 0 fully saturated rings. The zero-order valence-electron chi connectivity index (χ0n) is 11.9. The van der Waals surface area contributed by atoms with E-state index in [1.165, 1.54) is 0 Å². The average molecular weight is 306 g/mol. The third-order valence-electron chi connectivity index (χ3n) is 3.08. The van der Waals surface area contributed by atoms with Gasteiger partial charge in [0.05, 0.1) is 16.6 Å². The number of nitrogens with zero attached hydrogens (tertiary/aromatic N) is 3. The highest BCUT2D eigenvalue weighted by Crippen LogP contribution is 2.16. The van der Waals surface area contributed by atoms with Crippen LogP contribution in [0.25, 0.3) is 0 Å². The van der Waals surface area contributed by atoms with E-state index in [0.717, 1.165) is 18.2 Å².